The van der Waals surface area contributed by atoms with E-state index in [0.29, 0.717) is 5.75 Å². The number of rotatable bonds is 0. The fourth-order valence-electron chi connectivity index (χ4n) is 1.27. The minimum atomic E-state index is -5.84. The molecule has 0 aliphatic carbocycles. The highest BCUT2D eigenvalue weighted by molar-refractivity contribution is 7.86. The van der Waals surface area contributed by atoms with E-state index in [2.05, 4.69) is 12.6 Å². The molecule has 0 radical (unpaired) electrons. The van der Waals surface area contributed by atoms with Crippen molar-refractivity contribution in [2.24, 2.45) is 0 Å². The normalized spacial score (nSPS) is 11.8. The van der Waals surface area contributed by atoms with Crippen LogP contribution in [0.2, 0.25) is 0 Å². The van der Waals surface area contributed by atoms with Gasteiger partial charge in [0.2, 0.25) is 0 Å². The number of alkyl halides is 3. The van der Waals surface area contributed by atoms with Gasteiger partial charge in [-0.05, 0) is 17.5 Å². The highest BCUT2D eigenvalue weighted by Gasteiger charge is 2.44. The molecule has 0 aliphatic heterocycles. The first-order chi connectivity index (χ1) is 9.04. The second-order valence-electron chi connectivity index (χ2n) is 3.57. The second kappa shape index (κ2) is 5.90. The molecule has 0 saturated heterocycles. The summed E-state index contributed by atoms with van der Waals surface area (Å²) in [6, 6.07) is 11.1. The molecule has 2 N–H and O–H groups in total. The zero-order valence-electron chi connectivity index (χ0n) is 9.66. The lowest BCUT2D eigenvalue weighted by Crippen LogP contribution is -2.21. The van der Waals surface area contributed by atoms with Gasteiger partial charge in [-0.15, -0.1) is 12.6 Å². The Hall–Kier alpha value is -1.45. The van der Waals surface area contributed by atoms with Crippen molar-refractivity contribution in [1.82, 2.24) is 0 Å². The predicted octanol–water partition coefficient (Wildman–Crippen LogP) is 3.23. The van der Waals surface area contributed by atoms with Gasteiger partial charge in [0.15, 0.2) is 0 Å². The Morgan fingerprint density at radius 1 is 1.00 bits per heavy atom. The Kier molecular flexibility index (Phi) is 4.90. The second-order valence-corrected chi connectivity index (χ2v) is 5.47. The van der Waals surface area contributed by atoms with Gasteiger partial charge in [0.25, 0.3) is 0 Å². The Morgan fingerprint density at radius 2 is 1.45 bits per heavy atom. The van der Waals surface area contributed by atoms with Gasteiger partial charge in [0.05, 0.1) is 0 Å². The largest absolute Gasteiger partial charge is 0.522 e. The quantitative estimate of drug-likeness (QED) is 0.395. The van der Waals surface area contributed by atoms with E-state index in [1.807, 2.05) is 24.3 Å². The molecule has 0 spiro atoms. The summed E-state index contributed by atoms with van der Waals surface area (Å²) in [7, 11) is -5.84. The Labute approximate surface area is 118 Å². The lowest BCUT2D eigenvalue weighted by atomic mass is 10.1. The third kappa shape index (κ3) is 4.02. The molecule has 2 rings (SSSR count). The number of fused-ring (bicyclic) bond motifs is 1. The van der Waals surface area contributed by atoms with Crippen LogP contribution in [-0.2, 0) is 10.1 Å². The van der Waals surface area contributed by atoms with Gasteiger partial charge in [0, 0.05) is 10.3 Å². The first-order valence-electron chi connectivity index (χ1n) is 4.97. The summed E-state index contributed by atoms with van der Waals surface area (Å²) in [6.07, 6.45) is 0. The third-order valence-corrected chi connectivity index (χ3v) is 3.15. The molecule has 4 nitrogen and oxygen atoms in total. The van der Waals surface area contributed by atoms with Crippen LogP contribution in [0.1, 0.15) is 0 Å². The summed E-state index contributed by atoms with van der Waals surface area (Å²) in [5, 5.41) is 11.3. The van der Waals surface area contributed by atoms with E-state index < -0.39 is 15.6 Å². The van der Waals surface area contributed by atoms with E-state index in [1.54, 1.807) is 12.1 Å². The lowest BCUT2D eigenvalue weighted by molar-refractivity contribution is -0.0510. The molecule has 0 fully saturated rings. The van der Waals surface area contributed by atoms with Crippen LogP contribution < -0.4 is 0 Å². The molecule has 0 amide bonds. The number of benzene rings is 2. The van der Waals surface area contributed by atoms with Crippen LogP contribution in [0, 0.1) is 0 Å². The topological polar surface area (TPSA) is 74.6 Å². The van der Waals surface area contributed by atoms with Gasteiger partial charge in [-0.2, -0.15) is 21.6 Å². The van der Waals surface area contributed by atoms with Crippen molar-refractivity contribution >= 4 is 33.5 Å². The van der Waals surface area contributed by atoms with Crippen molar-refractivity contribution in [2.45, 2.75) is 10.4 Å². The van der Waals surface area contributed by atoms with Gasteiger partial charge in [-0.25, -0.2) is 0 Å². The van der Waals surface area contributed by atoms with Crippen LogP contribution in [0.15, 0.2) is 41.3 Å². The molecule has 20 heavy (non-hydrogen) atoms. The van der Waals surface area contributed by atoms with Gasteiger partial charge in [-0.3, -0.25) is 4.55 Å². The van der Waals surface area contributed by atoms with Crippen LogP contribution in [0.4, 0.5) is 13.2 Å². The highest BCUT2D eigenvalue weighted by Crippen LogP contribution is 2.28. The van der Waals surface area contributed by atoms with E-state index in [0.717, 1.165) is 15.7 Å². The standard InChI is InChI=1S/C10H8OS.CHF3O3S/c11-9-5-6-10(12)8-4-2-1-3-7(8)9;2-1(3,4)8(5,6)7/h1-6,11-12H;(H,5,6,7). The van der Waals surface area contributed by atoms with E-state index in [1.165, 1.54) is 0 Å². The highest BCUT2D eigenvalue weighted by atomic mass is 32.2. The first kappa shape index (κ1) is 16.6. The molecule has 0 heterocycles. The predicted molar refractivity (Wildman–Crippen MR) is 70.5 cm³/mol. The number of hydrogen-bond donors (Lipinski definition) is 3. The molecule has 110 valence electrons. The van der Waals surface area contributed by atoms with Crippen molar-refractivity contribution in [3.05, 3.63) is 36.4 Å². The lowest BCUT2D eigenvalue weighted by Gasteiger charge is -2.02. The molecule has 0 unspecified atom stereocenters. The number of phenols is 1. The van der Waals surface area contributed by atoms with Crippen molar-refractivity contribution in [2.75, 3.05) is 0 Å². The van der Waals surface area contributed by atoms with Crippen molar-refractivity contribution < 1.29 is 31.2 Å². The van der Waals surface area contributed by atoms with Crippen LogP contribution in [0.25, 0.3) is 10.8 Å². The maximum Gasteiger partial charge on any atom is 0.522 e. The summed E-state index contributed by atoms with van der Waals surface area (Å²) in [5.74, 6) is 0.309. The Balaban J connectivity index is 0.000000221. The fourth-order valence-corrected chi connectivity index (χ4v) is 1.54. The molecule has 0 bridgehead atoms. The Morgan fingerprint density at radius 3 is 1.85 bits per heavy atom. The van der Waals surface area contributed by atoms with Gasteiger partial charge >= 0.3 is 15.6 Å². The van der Waals surface area contributed by atoms with Crippen molar-refractivity contribution in [1.29, 1.82) is 0 Å². The smallest absolute Gasteiger partial charge is 0.507 e. The summed E-state index contributed by atoms with van der Waals surface area (Å²) in [4.78, 5) is 0.892. The van der Waals surface area contributed by atoms with Crippen LogP contribution in [0.3, 0.4) is 0 Å². The minimum Gasteiger partial charge on any atom is -0.507 e. The van der Waals surface area contributed by atoms with Gasteiger partial charge < -0.3 is 5.11 Å². The molecule has 0 aromatic heterocycles. The maximum absolute atomic E-state index is 10.7. The molecule has 0 atom stereocenters. The van der Waals surface area contributed by atoms with Crippen LogP contribution >= 0.6 is 12.6 Å². The van der Waals surface area contributed by atoms with E-state index in [-0.39, 0.29) is 0 Å². The van der Waals surface area contributed by atoms with Gasteiger partial charge in [0.1, 0.15) is 5.75 Å². The van der Waals surface area contributed by atoms with Crippen LogP contribution in [0.5, 0.6) is 5.75 Å². The molecular formula is C11H9F3O4S2. The van der Waals surface area contributed by atoms with E-state index in [4.69, 9.17) is 13.0 Å². The van der Waals surface area contributed by atoms with E-state index >= 15 is 0 Å². The molecular weight excluding hydrogens is 317 g/mol. The monoisotopic (exact) mass is 326 g/mol. The summed E-state index contributed by atoms with van der Waals surface area (Å²) in [6.45, 7) is 0. The number of thiol groups is 1. The zero-order chi connectivity index (χ0) is 15.6. The molecule has 9 heteroatoms. The number of phenolic OH excluding ortho intramolecular Hbond substituents is 1. The number of hydrogen-bond acceptors (Lipinski definition) is 4. The van der Waals surface area contributed by atoms with Crippen molar-refractivity contribution in [3.63, 3.8) is 0 Å². The molecule has 2 aromatic rings. The van der Waals surface area contributed by atoms with Crippen molar-refractivity contribution in [3.8, 4) is 5.75 Å². The number of halogens is 3. The summed E-state index contributed by atoms with van der Waals surface area (Å²) in [5.41, 5.74) is -5.53. The zero-order valence-corrected chi connectivity index (χ0v) is 11.4. The Bertz CT molecular complexity index is 671. The van der Waals surface area contributed by atoms with Crippen LogP contribution in [-0.4, -0.2) is 23.6 Å². The van der Waals surface area contributed by atoms with Gasteiger partial charge in [-0.1, -0.05) is 24.3 Å². The fraction of sp³-hybridized carbons (Fsp3) is 0.0909. The average molecular weight is 326 g/mol. The molecule has 2 aromatic carbocycles. The third-order valence-electron chi connectivity index (χ3n) is 2.17. The number of aromatic hydroxyl groups is 1. The summed E-state index contributed by atoms with van der Waals surface area (Å²) < 4.78 is 57.5. The maximum atomic E-state index is 10.7. The summed E-state index contributed by atoms with van der Waals surface area (Å²) >= 11 is 4.29. The average Bonchev–Trinajstić information content (AvgIpc) is 2.33. The first-order valence-corrected chi connectivity index (χ1v) is 6.86. The SMILES string of the molecule is O=S(=O)(O)C(F)(F)F.Oc1ccc(S)c2ccccc12. The molecule has 0 aliphatic rings. The van der Waals surface area contributed by atoms with E-state index in [9.17, 15) is 18.3 Å². The minimum absolute atomic E-state index is 0.309. The molecule has 0 saturated carbocycles.